The van der Waals surface area contributed by atoms with E-state index in [2.05, 4.69) is 5.32 Å². The Labute approximate surface area is 179 Å². The van der Waals surface area contributed by atoms with Gasteiger partial charge in [0.05, 0.1) is 0 Å². The summed E-state index contributed by atoms with van der Waals surface area (Å²) in [4.78, 5) is 52.5. The number of nitrogens with one attached hydrogen (secondary N) is 1. The van der Waals surface area contributed by atoms with Gasteiger partial charge in [-0.1, -0.05) is 48.5 Å². The predicted octanol–water partition coefficient (Wildman–Crippen LogP) is 1.98. The molecule has 0 radical (unpaired) electrons. The van der Waals surface area contributed by atoms with Crippen LogP contribution < -0.4 is 10.2 Å². The van der Waals surface area contributed by atoms with Gasteiger partial charge in [-0.25, -0.2) is 4.79 Å². The van der Waals surface area contributed by atoms with Crippen molar-refractivity contribution in [1.82, 2.24) is 10.2 Å². The first-order valence-corrected chi connectivity index (χ1v) is 10.1. The number of para-hydroxylation sites is 1. The molecule has 0 aliphatic carbocycles. The Hall–Kier alpha value is -3.68. The lowest BCUT2D eigenvalue weighted by atomic mass is 9.92. The Morgan fingerprint density at radius 1 is 1.06 bits per heavy atom. The van der Waals surface area contributed by atoms with Crippen LogP contribution in [-0.4, -0.2) is 48.4 Å². The van der Waals surface area contributed by atoms with Crippen molar-refractivity contribution >= 4 is 29.5 Å². The van der Waals surface area contributed by atoms with E-state index in [9.17, 15) is 19.2 Å². The monoisotopic (exact) mass is 421 g/mol. The fraction of sp³-hybridized carbons (Fsp3) is 0.304. The first kappa shape index (κ1) is 20.6. The molecule has 1 atom stereocenters. The van der Waals surface area contributed by atoms with Crippen LogP contribution in [-0.2, 0) is 31.1 Å². The molecule has 1 saturated heterocycles. The Balaban J connectivity index is 1.37. The smallest absolute Gasteiger partial charge is 0.326 e. The molecule has 8 heteroatoms. The zero-order chi connectivity index (χ0) is 22.0. The van der Waals surface area contributed by atoms with E-state index < -0.39 is 36.6 Å². The first-order valence-electron chi connectivity index (χ1n) is 10.1. The van der Waals surface area contributed by atoms with Crippen LogP contribution in [0.1, 0.15) is 24.5 Å². The minimum absolute atomic E-state index is 0.341. The number of hydrogen-bond donors (Lipinski definition) is 1. The molecule has 1 fully saturated rings. The second-order valence-corrected chi connectivity index (χ2v) is 7.75. The lowest BCUT2D eigenvalue weighted by molar-refractivity contribution is -0.150. The number of hydrogen-bond acceptors (Lipinski definition) is 5. The fourth-order valence-corrected chi connectivity index (χ4v) is 4.00. The molecule has 2 aliphatic rings. The zero-order valence-electron chi connectivity index (χ0n) is 17.2. The minimum atomic E-state index is -1.26. The van der Waals surface area contributed by atoms with Crippen LogP contribution in [0.15, 0.2) is 54.6 Å². The first-order chi connectivity index (χ1) is 14.9. The van der Waals surface area contributed by atoms with Crippen LogP contribution in [0.2, 0.25) is 0 Å². The maximum absolute atomic E-state index is 12.9. The van der Waals surface area contributed by atoms with Gasteiger partial charge < -0.3 is 15.0 Å². The average Bonchev–Trinajstić information content (AvgIpc) is 3.01. The highest BCUT2D eigenvalue weighted by Gasteiger charge is 2.49. The Morgan fingerprint density at radius 3 is 2.55 bits per heavy atom. The summed E-state index contributed by atoms with van der Waals surface area (Å²) in [5.74, 6) is -1.71. The summed E-state index contributed by atoms with van der Waals surface area (Å²) < 4.78 is 5.10. The van der Waals surface area contributed by atoms with Gasteiger partial charge in [0, 0.05) is 12.2 Å². The number of fused-ring (bicyclic) bond motifs is 1. The lowest BCUT2D eigenvalue weighted by Gasteiger charge is -2.29. The number of rotatable bonds is 5. The van der Waals surface area contributed by atoms with Gasteiger partial charge >= 0.3 is 12.0 Å². The third-order valence-electron chi connectivity index (χ3n) is 5.68. The lowest BCUT2D eigenvalue weighted by Crippen LogP contribution is -2.42. The summed E-state index contributed by atoms with van der Waals surface area (Å²) in [5, 5.41) is 2.63. The number of benzene rings is 2. The molecule has 4 amide bonds. The summed E-state index contributed by atoms with van der Waals surface area (Å²) in [6.07, 6.45) is 1.73. The summed E-state index contributed by atoms with van der Waals surface area (Å²) >= 11 is 0. The number of carbonyl (C=O) groups excluding carboxylic acids is 4. The fourth-order valence-electron chi connectivity index (χ4n) is 4.00. The van der Waals surface area contributed by atoms with Crippen molar-refractivity contribution in [2.45, 2.75) is 25.3 Å². The molecule has 2 aliphatic heterocycles. The number of esters is 1. The maximum Gasteiger partial charge on any atom is 0.326 e. The van der Waals surface area contributed by atoms with Crippen LogP contribution >= 0.6 is 0 Å². The molecule has 0 saturated carbocycles. The van der Waals surface area contributed by atoms with E-state index in [1.165, 1.54) is 0 Å². The molecular formula is C23H23N3O5. The third kappa shape index (κ3) is 3.88. The number of imide groups is 1. The van der Waals surface area contributed by atoms with E-state index in [0.29, 0.717) is 12.1 Å². The topological polar surface area (TPSA) is 96.0 Å². The number of ether oxygens (including phenoxy) is 1. The highest BCUT2D eigenvalue weighted by Crippen LogP contribution is 2.29. The van der Waals surface area contributed by atoms with Gasteiger partial charge in [-0.15, -0.1) is 0 Å². The van der Waals surface area contributed by atoms with Gasteiger partial charge in [-0.2, -0.15) is 0 Å². The second kappa shape index (κ2) is 8.22. The van der Waals surface area contributed by atoms with Gasteiger partial charge in [-0.3, -0.25) is 19.3 Å². The summed E-state index contributed by atoms with van der Waals surface area (Å²) in [7, 11) is 0. The van der Waals surface area contributed by atoms with Gasteiger partial charge in [0.1, 0.15) is 12.1 Å². The maximum atomic E-state index is 12.9. The summed E-state index contributed by atoms with van der Waals surface area (Å²) in [6, 6.07) is 15.7. The molecule has 0 unspecified atom stereocenters. The van der Waals surface area contributed by atoms with Crippen molar-refractivity contribution in [3.63, 3.8) is 0 Å². The predicted molar refractivity (Wildman–Crippen MR) is 112 cm³/mol. The molecule has 1 N–H and O–H groups in total. The zero-order valence-corrected chi connectivity index (χ0v) is 17.2. The molecule has 160 valence electrons. The molecule has 4 rings (SSSR count). The SMILES string of the molecule is C[C@]1(c2ccccc2)NC(=O)N(CC(=O)OCC(=O)N2CCCc3ccccc32)C1=O. The molecular weight excluding hydrogens is 398 g/mol. The highest BCUT2D eigenvalue weighted by atomic mass is 16.5. The van der Waals surface area contributed by atoms with E-state index in [-0.39, 0.29) is 5.91 Å². The Bertz CT molecular complexity index is 1040. The summed E-state index contributed by atoms with van der Waals surface area (Å²) in [6.45, 7) is 1.13. The number of nitrogens with zero attached hydrogens (tertiary/aromatic N) is 2. The molecule has 2 heterocycles. The number of anilines is 1. The van der Waals surface area contributed by atoms with E-state index in [1.54, 1.807) is 42.2 Å². The molecule has 31 heavy (non-hydrogen) atoms. The van der Waals surface area contributed by atoms with Gasteiger partial charge in [-0.05, 0) is 37.0 Å². The molecule has 0 bridgehead atoms. The Morgan fingerprint density at radius 2 is 1.77 bits per heavy atom. The molecule has 0 spiro atoms. The molecule has 0 aromatic heterocycles. The van der Waals surface area contributed by atoms with Crippen molar-refractivity contribution in [1.29, 1.82) is 0 Å². The molecule has 2 aromatic carbocycles. The van der Waals surface area contributed by atoms with Crippen molar-refractivity contribution < 1.29 is 23.9 Å². The van der Waals surface area contributed by atoms with Crippen molar-refractivity contribution in [3.05, 3.63) is 65.7 Å². The van der Waals surface area contributed by atoms with E-state index in [0.717, 1.165) is 29.0 Å². The molecule has 2 aromatic rings. The average molecular weight is 421 g/mol. The highest BCUT2D eigenvalue weighted by molar-refractivity contribution is 6.09. The standard InChI is InChI=1S/C23H23N3O5/c1-23(17-10-3-2-4-11-17)21(29)26(22(30)24-23)14-20(28)31-15-19(27)25-13-7-9-16-8-5-6-12-18(16)25/h2-6,8,10-12H,7,9,13-15H2,1H3,(H,24,30)/t23-/m1/s1. The number of urea groups is 1. The largest absolute Gasteiger partial charge is 0.454 e. The van der Waals surface area contributed by atoms with Crippen molar-refractivity contribution in [2.24, 2.45) is 0 Å². The van der Waals surface area contributed by atoms with Crippen LogP contribution in [0.5, 0.6) is 0 Å². The van der Waals surface area contributed by atoms with Crippen molar-refractivity contribution in [3.8, 4) is 0 Å². The Kier molecular flexibility index (Phi) is 5.46. The van der Waals surface area contributed by atoms with E-state index in [4.69, 9.17) is 4.74 Å². The number of carbonyl (C=O) groups is 4. The van der Waals surface area contributed by atoms with E-state index in [1.807, 2.05) is 24.3 Å². The van der Waals surface area contributed by atoms with E-state index >= 15 is 0 Å². The quantitative estimate of drug-likeness (QED) is 0.588. The second-order valence-electron chi connectivity index (χ2n) is 7.75. The minimum Gasteiger partial charge on any atom is -0.454 e. The number of amides is 4. The number of aryl methyl sites for hydroxylation is 1. The van der Waals surface area contributed by atoms with Gasteiger partial charge in [0.2, 0.25) is 0 Å². The van der Waals surface area contributed by atoms with Crippen LogP contribution in [0.4, 0.5) is 10.5 Å². The van der Waals surface area contributed by atoms with Crippen LogP contribution in [0, 0.1) is 0 Å². The van der Waals surface area contributed by atoms with Crippen molar-refractivity contribution in [2.75, 3.05) is 24.6 Å². The van der Waals surface area contributed by atoms with Gasteiger partial charge in [0.15, 0.2) is 6.61 Å². The molecule has 8 nitrogen and oxygen atoms in total. The third-order valence-corrected chi connectivity index (χ3v) is 5.68. The van der Waals surface area contributed by atoms with Crippen LogP contribution in [0.25, 0.3) is 0 Å². The van der Waals surface area contributed by atoms with Gasteiger partial charge in [0.25, 0.3) is 11.8 Å². The summed E-state index contributed by atoms with van der Waals surface area (Å²) in [5.41, 5.74) is 1.25. The van der Waals surface area contributed by atoms with Crippen LogP contribution in [0.3, 0.4) is 0 Å². The normalized spacial score (nSPS) is 20.3.